The third-order valence-corrected chi connectivity index (χ3v) is 3.00. The number of nitrogens with one attached hydrogen (secondary N) is 2. The molecule has 0 aromatic carbocycles. The van der Waals surface area contributed by atoms with Crippen molar-refractivity contribution in [3.8, 4) is 0 Å². The zero-order chi connectivity index (χ0) is 16.6. The van der Waals surface area contributed by atoms with Gasteiger partial charge in [-0.05, 0) is 25.0 Å². The van der Waals surface area contributed by atoms with Gasteiger partial charge < -0.3 is 29.3 Å². The summed E-state index contributed by atoms with van der Waals surface area (Å²) in [4.78, 5) is 4.17. The minimum absolute atomic E-state index is 0.517. The Bertz CT molecular complexity index is 396. The van der Waals surface area contributed by atoms with Crippen molar-refractivity contribution in [3.63, 3.8) is 0 Å². The SMILES string of the molecule is CN=C(NCCCOCCOC)NCCCOCc1ccco1. The number of guanidine groups is 1. The standard InChI is InChI=1S/C16H29N3O4/c1-17-16(18-7-4-9-21-13-12-20-2)19-8-5-10-22-14-15-6-3-11-23-15/h3,6,11H,4-5,7-10,12-14H2,1-2H3,(H2,17,18,19). The molecule has 0 aliphatic rings. The third-order valence-electron chi connectivity index (χ3n) is 3.00. The van der Waals surface area contributed by atoms with E-state index in [1.165, 1.54) is 0 Å². The molecule has 23 heavy (non-hydrogen) atoms. The van der Waals surface area contributed by atoms with Gasteiger partial charge >= 0.3 is 0 Å². The van der Waals surface area contributed by atoms with Crippen LogP contribution in [0.5, 0.6) is 0 Å². The molecular weight excluding hydrogens is 298 g/mol. The predicted molar refractivity (Wildman–Crippen MR) is 89.7 cm³/mol. The topological polar surface area (TPSA) is 77.3 Å². The predicted octanol–water partition coefficient (Wildman–Crippen LogP) is 1.40. The summed E-state index contributed by atoms with van der Waals surface area (Å²) in [6.07, 6.45) is 3.48. The van der Waals surface area contributed by atoms with Gasteiger partial charge in [-0.2, -0.15) is 0 Å². The minimum Gasteiger partial charge on any atom is -0.467 e. The van der Waals surface area contributed by atoms with Gasteiger partial charge in [0, 0.05) is 40.5 Å². The van der Waals surface area contributed by atoms with E-state index in [9.17, 15) is 0 Å². The highest BCUT2D eigenvalue weighted by atomic mass is 16.5. The number of nitrogens with zero attached hydrogens (tertiary/aromatic N) is 1. The van der Waals surface area contributed by atoms with Gasteiger partial charge in [-0.25, -0.2) is 0 Å². The Morgan fingerprint density at radius 1 is 1.09 bits per heavy atom. The van der Waals surface area contributed by atoms with Crippen LogP contribution in [0, 0.1) is 0 Å². The average molecular weight is 327 g/mol. The first-order chi connectivity index (χ1) is 11.4. The molecule has 7 heteroatoms. The number of aliphatic imine (C=N–C) groups is 1. The van der Waals surface area contributed by atoms with Crippen LogP contribution in [-0.2, 0) is 20.8 Å². The molecule has 0 radical (unpaired) electrons. The molecule has 0 saturated heterocycles. The highest BCUT2D eigenvalue weighted by Crippen LogP contribution is 2.01. The fourth-order valence-electron chi connectivity index (χ4n) is 1.79. The lowest BCUT2D eigenvalue weighted by molar-refractivity contribution is 0.0698. The van der Waals surface area contributed by atoms with E-state index in [1.54, 1.807) is 20.4 Å². The lowest BCUT2D eigenvalue weighted by Crippen LogP contribution is -2.38. The first-order valence-corrected chi connectivity index (χ1v) is 7.98. The van der Waals surface area contributed by atoms with Gasteiger partial charge in [0.1, 0.15) is 12.4 Å². The second kappa shape index (κ2) is 14.0. The smallest absolute Gasteiger partial charge is 0.190 e. The van der Waals surface area contributed by atoms with Gasteiger partial charge in [-0.1, -0.05) is 0 Å². The van der Waals surface area contributed by atoms with Crippen molar-refractivity contribution in [2.24, 2.45) is 4.99 Å². The Balaban J connectivity index is 1.91. The van der Waals surface area contributed by atoms with Gasteiger partial charge in [-0.3, -0.25) is 4.99 Å². The third kappa shape index (κ3) is 10.7. The summed E-state index contributed by atoms with van der Waals surface area (Å²) in [7, 11) is 3.43. The maximum absolute atomic E-state index is 5.52. The van der Waals surface area contributed by atoms with E-state index in [1.807, 2.05) is 12.1 Å². The van der Waals surface area contributed by atoms with Crippen molar-refractivity contribution in [1.29, 1.82) is 0 Å². The van der Waals surface area contributed by atoms with E-state index in [0.29, 0.717) is 33.0 Å². The van der Waals surface area contributed by atoms with Crippen LogP contribution in [0.4, 0.5) is 0 Å². The van der Waals surface area contributed by atoms with Crippen molar-refractivity contribution < 1.29 is 18.6 Å². The van der Waals surface area contributed by atoms with Crippen LogP contribution >= 0.6 is 0 Å². The maximum atomic E-state index is 5.52. The fourth-order valence-corrected chi connectivity index (χ4v) is 1.79. The molecule has 0 amide bonds. The second-order valence-corrected chi connectivity index (χ2v) is 4.87. The highest BCUT2D eigenvalue weighted by molar-refractivity contribution is 5.79. The van der Waals surface area contributed by atoms with Crippen molar-refractivity contribution in [3.05, 3.63) is 24.2 Å². The average Bonchev–Trinajstić information content (AvgIpc) is 3.08. The van der Waals surface area contributed by atoms with Crippen LogP contribution in [-0.4, -0.2) is 59.6 Å². The highest BCUT2D eigenvalue weighted by Gasteiger charge is 1.98. The van der Waals surface area contributed by atoms with Crippen LogP contribution in [0.2, 0.25) is 0 Å². The molecule has 1 rings (SSSR count). The Morgan fingerprint density at radius 3 is 2.43 bits per heavy atom. The molecule has 0 aliphatic carbocycles. The largest absolute Gasteiger partial charge is 0.467 e. The van der Waals surface area contributed by atoms with Crippen molar-refractivity contribution >= 4 is 5.96 Å². The molecule has 0 fully saturated rings. The Morgan fingerprint density at radius 2 is 1.83 bits per heavy atom. The molecule has 0 aliphatic heterocycles. The molecule has 0 unspecified atom stereocenters. The number of methoxy groups -OCH3 is 1. The summed E-state index contributed by atoms with van der Waals surface area (Å²) >= 11 is 0. The first-order valence-electron chi connectivity index (χ1n) is 7.98. The van der Waals surface area contributed by atoms with Crippen LogP contribution in [0.3, 0.4) is 0 Å². The molecular formula is C16H29N3O4. The van der Waals surface area contributed by atoms with E-state index in [-0.39, 0.29) is 0 Å². The van der Waals surface area contributed by atoms with Crippen molar-refractivity contribution in [1.82, 2.24) is 10.6 Å². The van der Waals surface area contributed by atoms with Crippen LogP contribution < -0.4 is 10.6 Å². The Kier molecular flexibility index (Phi) is 11.9. The zero-order valence-corrected chi connectivity index (χ0v) is 14.2. The summed E-state index contributed by atoms with van der Waals surface area (Å²) < 4.78 is 21.0. The van der Waals surface area contributed by atoms with E-state index in [2.05, 4.69) is 15.6 Å². The number of hydrogen-bond acceptors (Lipinski definition) is 5. The summed E-state index contributed by atoms with van der Waals surface area (Å²) in [6, 6.07) is 3.77. The number of rotatable bonds is 13. The minimum atomic E-state index is 0.517. The quantitative estimate of drug-likeness (QED) is 0.324. The van der Waals surface area contributed by atoms with Crippen molar-refractivity contribution in [2.75, 3.05) is 53.7 Å². The first kappa shape index (κ1) is 19.5. The summed E-state index contributed by atoms with van der Waals surface area (Å²) in [5.41, 5.74) is 0. The maximum Gasteiger partial charge on any atom is 0.190 e. The summed E-state index contributed by atoms with van der Waals surface area (Å²) in [5.74, 6) is 1.65. The van der Waals surface area contributed by atoms with Gasteiger partial charge in [0.15, 0.2) is 5.96 Å². The lowest BCUT2D eigenvalue weighted by Gasteiger charge is -2.12. The van der Waals surface area contributed by atoms with Gasteiger partial charge in [0.25, 0.3) is 0 Å². The Hall–Kier alpha value is -1.57. The molecule has 0 saturated carbocycles. The monoisotopic (exact) mass is 327 g/mol. The van der Waals surface area contributed by atoms with Crippen LogP contribution in [0.25, 0.3) is 0 Å². The van der Waals surface area contributed by atoms with Crippen LogP contribution in [0.1, 0.15) is 18.6 Å². The number of hydrogen-bond donors (Lipinski definition) is 2. The second-order valence-electron chi connectivity index (χ2n) is 4.87. The zero-order valence-electron chi connectivity index (χ0n) is 14.2. The molecule has 1 heterocycles. The molecule has 0 bridgehead atoms. The normalized spacial score (nSPS) is 11.7. The van der Waals surface area contributed by atoms with E-state index < -0.39 is 0 Å². The Labute approximate surface area is 138 Å². The number of furan rings is 1. The van der Waals surface area contributed by atoms with Gasteiger partial charge in [0.2, 0.25) is 0 Å². The lowest BCUT2D eigenvalue weighted by atomic mass is 10.4. The summed E-state index contributed by atoms with van der Waals surface area (Å²) in [5, 5.41) is 6.49. The fraction of sp³-hybridized carbons (Fsp3) is 0.688. The molecule has 2 N–H and O–H groups in total. The number of ether oxygens (including phenoxy) is 3. The van der Waals surface area contributed by atoms with Crippen molar-refractivity contribution in [2.45, 2.75) is 19.4 Å². The van der Waals surface area contributed by atoms with E-state index in [4.69, 9.17) is 18.6 Å². The van der Waals surface area contributed by atoms with E-state index in [0.717, 1.165) is 37.7 Å². The van der Waals surface area contributed by atoms with Crippen LogP contribution in [0.15, 0.2) is 27.8 Å². The molecule has 7 nitrogen and oxygen atoms in total. The van der Waals surface area contributed by atoms with Gasteiger partial charge in [-0.15, -0.1) is 0 Å². The van der Waals surface area contributed by atoms with Gasteiger partial charge in [0.05, 0.1) is 19.5 Å². The summed E-state index contributed by atoms with van der Waals surface area (Å²) in [6.45, 7) is 4.82. The molecule has 132 valence electrons. The molecule has 1 aromatic heterocycles. The molecule has 0 atom stereocenters. The van der Waals surface area contributed by atoms with E-state index >= 15 is 0 Å². The molecule has 0 spiro atoms. The molecule has 1 aromatic rings.